The summed E-state index contributed by atoms with van der Waals surface area (Å²) in [6.07, 6.45) is 1.77. The average molecular weight is 236 g/mol. The number of carbonyl (C=O) groups is 1. The van der Waals surface area contributed by atoms with Gasteiger partial charge in [0.2, 0.25) is 0 Å². The van der Waals surface area contributed by atoms with Gasteiger partial charge in [0.05, 0.1) is 11.3 Å². The molecule has 1 heterocycles. The molecule has 2 rings (SSSR count). The number of aromatic carboxylic acids is 1. The second-order valence-corrected chi connectivity index (χ2v) is 4.14. The number of ether oxygens (including phenoxy) is 1. The number of carboxylic acid groups (broad SMARTS) is 1. The monoisotopic (exact) mass is 236 g/mol. The van der Waals surface area contributed by atoms with Gasteiger partial charge in [-0.1, -0.05) is 0 Å². The van der Waals surface area contributed by atoms with E-state index in [1.165, 1.54) is 6.07 Å². The van der Waals surface area contributed by atoms with Gasteiger partial charge in [0.15, 0.2) is 0 Å². The fourth-order valence-corrected chi connectivity index (χ4v) is 1.93. The zero-order valence-electron chi connectivity index (χ0n) is 9.48. The van der Waals surface area contributed by atoms with E-state index in [2.05, 4.69) is 5.32 Å². The molecule has 4 N–H and O–H groups in total. The van der Waals surface area contributed by atoms with Crippen LogP contribution < -0.4 is 11.1 Å². The molecule has 0 unspecified atom stereocenters. The zero-order valence-corrected chi connectivity index (χ0v) is 9.48. The highest BCUT2D eigenvalue weighted by Crippen LogP contribution is 2.22. The van der Waals surface area contributed by atoms with E-state index in [9.17, 15) is 4.79 Å². The van der Waals surface area contributed by atoms with Crippen LogP contribution in [0.1, 0.15) is 23.2 Å². The lowest BCUT2D eigenvalue weighted by Crippen LogP contribution is -2.28. The smallest absolute Gasteiger partial charge is 0.337 e. The molecule has 1 aliphatic heterocycles. The first kappa shape index (κ1) is 11.7. The van der Waals surface area contributed by atoms with Crippen molar-refractivity contribution in [1.29, 1.82) is 0 Å². The van der Waals surface area contributed by atoms with Crippen molar-refractivity contribution in [3.05, 3.63) is 23.8 Å². The number of carboxylic acids is 1. The molecule has 0 saturated carbocycles. The molecule has 1 aromatic rings. The number of nitrogens with one attached hydrogen (secondary N) is 1. The molecule has 17 heavy (non-hydrogen) atoms. The molecule has 92 valence electrons. The van der Waals surface area contributed by atoms with Crippen molar-refractivity contribution in [2.24, 2.45) is 0 Å². The van der Waals surface area contributed by atoms with Gasteiger partial charge in [-0.25, -0.2) is 4.79 Å². The Morgan fingerprint density at radius 2 is 2.12 bits per heavy atom. The largest absolute Gasteiger partial charge is 0.478 e. The summed E-state index contributed by atoms with van der Waals surface area (Å²) in [6, 6.07) is 5.04. The molecule has 5 nitrogen and oxygen atoms in total. The normalized spacial score (nSPS) is 16.7. The van der Waals surface area contributed by atoms with E-state index in [1.54, 1.807) is 12.1 Å². The summed E-state index contributed by atoms with van der Waals surface area (Å²) in [5.74, 6) is -0.945. The number of nitrogens with two attached hydrogens (primary N) is 1. The summed E-state index contributed by atoms with van der Waals surface area (Å²) in [5, 5.41) is 12.3. The van der Waals surface area contributed by atoms with Crippen molar-refractivity contribution < 1.29 is 14.6 Å². The molecule has 0 atom stereocenters. The molecule has 5 heteroatoms. The van der Waals surface area contributed by atoms with E-state index >= 15 is 0 Å². The van der Waals surface area contributed by atoms with Crippen LogP contribution in [0.25, 0.3) is 0 Å². The van der Waals surface area contributed by atoms with E-state index in [0.29, 0.717) is 24.6 Å². The van der Waals surface area contributed by atoms with Crippen LogP contribution in [0, 0.1) is 0 Å². The van der Waals surface area contributed by atoms with Gasteiger partial charge in [-0.2, -0.15) is 0 Å². The molecule has 0 aliphatic carbocycles. The van der Waals surface area contributed by atoms with Crippen LogP contribution in [-0.2, 0) is 4.74 Å². The molecular weight excluding hydrogens is 220 g/mol. The summed E-state index contributed by atoms with van der Waals surface area (Å²) in [6.45, 7) is 1.42. The summed E-state index contributed by atoms with van der Waals surface area (Å²) in [7, 11) is 0. The van der Waals surface area contributed by atoms with Gasteiger partial charge in [-0.15, -0.1) is 0 Å². The maximum atomic E-state index is 11.1. The Balaban J connectivity index is 2.17. The Labute approximate surface area is 99.6 Å². The predicted octanol–water partition coefficient (Wildman–Crippen LogP) is 1.56. The molecule has 1 fully saturated rings. The number of hydrogen-bond acceptors (Lipinski definition) is 4. The molecular formula is C12H16N2O3. The SMILES string of the molecule is Nc1ccc(C(=O)O)c(NC2CCOCC2)c1. The third kappa shape index (κ3) is 2.88. The molecule has 1 saturated heterocycles. The molecule has 1 aromatic carbocycles. The quantitative estimate of drug-likeness (QED) is 0.693. The van der Waals surface area contributed by atoms with E-state index in [1.807, 2.05) is 0 Å². The van der Waals surface area contributed by atoms with Crippen molar-refractivity contribution >= 4 is 17.3 Å². The molecule has 0 amide bonds. The fraction of sp³-hybridized carbons (Fsp3) is 0.417. The summed E-state index contributed by atoms with van der Waals surface area (Å²) in [4.78, 5) is 11.1. The molecule has 0 spiro atoms. The van der Waals surface area contributed by atoms with Gasteiger partial charge in [-0.05, 0) is 31.0 Å². The lowest BCUT2D eigenvalue weighted by Gasteiger charge is -2.25. The van der Waals surface area contributed by atoms with Crippen LogP contribution in [0.5, 0.6) is 0 Å². The lowest BCUT2D eigenvalue weighted by molar-refractivity contribution is 0.0697. The fourth-order valence-electron chi connectivity index (χ4n) is 1.93. The van der Waals surface area contributed by atoms with Gasteiger partial charge < -0.3 is 20.9 Å². The number of hydrogen-bond donors (Lipinski definition) is 3. The second kappa shape index (κ2) is 5.05. The Hall–Kier alpha value is -1.75. The first-order valence-electron chi connectivity index (χ1n) is 5.64. The van der Waals surface area contributed by atoms with Gasteiger partial charge in [0, 0.05) is 24.9 Å². The van der Waals surface area contributed by atoms with E-state index in [0.717, 1.165) is 12.8 Å². The highest BCUT2D eigenvalue weighted by atomic mass is 16.5. The topological polar surface area (TPSA) is 84.6 Å². The standard InChI is InChI=1S/C12H16N2O3/c13-8-1-2-10(12(15)16)11(7-8)14-9-3-5-17-6-4-9/h1-2,7,9,14H,3-6,13H2,(H,15,16). The third-order valence-electron chi connectivity index (χ3n) is 2.85. The van der Waals surface area contributed by atoms with Crippen molar-refractivity contribution in [3.8, 4) is 0 Å². The van der Waals surface area contributed by atoms with Crippen LogP contribution in [0.2, 0.25) is 0 Å². The van der Waals surface area contributed by atoms with Gasteiger partial charge >= 0.3 is 5.97 Å². The third-order valence-corrected chi connectivity index (χ3v) is 2.85. The number of benzene rings is 1. The van der Waals surface area contributed by atoms with Crippen molar-refractivity contribution in [2.75, 3.05) is 24.3 Å². The Morgan fingerprint density at radius 1 is 1.41 bits per heavy atom. The maximum absolute atomic E-state index is 11.1. The molecule has 0 bridgehead atoms. The summed E-state index contributed by atoms with van der Waals surface area (Å²) < 4.78 is 5.26. The minimum atomic E-state index is -0.945. The lowest BCUT2D eigenvalue weighted by atomic mass is 10.1. The summed E-state index contributed by atoms with van der Waals surface area (Å²) in [5.41, 5.74) is 7.08. The van der Waals surface area contributed by atoms with Gasteiger partial charge in [-0.3, -0.25) is 0 Å². The predicted molar refractivity (Wildman–Crippen MR) is 65.3 cm³/mol. The van der Waals surface area contributed by atoms with Crippen LogP contribution in [0.15, 0.2) is 18.2 Å². The second-order valence-electron chi connectivity index (χ2n) is 4.14. The number of nitrogen functional groups attached to an aromatic ring is 1. The van der Waals surface area contributed by atoms with Crippen molar-refractivity contribution in [1.82, 2.24) is 0 Å². The average Bonchev–Trinajstić information content (AvgIpc) is 2.30. The van der Waals surface area contributed by atoms with E-state index in [-0.39, 0.29) is 11.6 Å². The maximum Gasteiger partial charge on any atom is 0.337 e. The van der Waals surface area contributed by atoms with Crippen LogP contribution >= 0.6 is 0 Å². The number of anilines is 2. The number of rotatable bonds is 3. The van der Waals surface area contributed by atoms with Crippen molar-refractivity contribution in [3.63, 3.8) is 0 Å². The highest BCUT2D eigenvalue weighted by molar-refractivity contribution is 5.95. The first-order valence-corrected chi connectivity index (χ1v) is 5.64. The highest BCUT2D eigenvalue weighted by Gasteiger charge is 2.17. The van der Waals surface area contributed by atoms with E-state index < -0.39 is 5.97 Å². The first-order chi connectivity index (χ1) is 8.16. The summed E-state index contributed by atoms with van der Waals surface area (Å²) >= 11 is 0. The van der Waals surface area contributed by atoms with Gasteiger partial charge in [0.1, 0.15) is 0 Å². The van der Waals surface area contributed by atoms with Crippen molar-refractivity contribution in [2.45, 2.75) is 18.9 Å². The van der Waals surface area contributed by atoms with Crippen LogP contribution in [0.4, 0.5) is 11.4 Å². The molecule has 1 aliphatic rings. The van der Waals surface area contributed by atoms with E-state index in [4.69, 9.17) is 15.6 Å². The molecule has 0 radical (unpaired) electrons. The minimum absolute atomic E-state index is 0.253. The van der Waals surface area contributed by atoms with Crippen LogP contribution in [-0.4, -0.2) is 30.3 Å². The zero-order chi connectivity index (χ0) is 12.3. The minimum Gasteiger partial charge on any atom is -0.478 e. The Kier molecular flexibility index (Phi) is 3.49. The molecule has 0 aromatic heterocycles. The van der Waals surface area contributed by atoms with Crippen LogP contribution in [0.3, 0.4) is 0 Å². The Bertz CT molecular complexity index is 414. The Morgan fingerprint density at radius 3 is 2.76 bits per heavy atom. The van der Waals surface area contributed by atoms with Gasteiger partial charge in [0.25, 0.3) is 0 Å².